The van der Waals surface area contributed by atoms with Gasteiger partial charge in [0.15, 0.2) is 0 Å². The molecule has 1 unspecified atom stereocenters. The molecule has 5 rings (SSSR count). The molecule has 0 saturated carbocycles. The predicted octanol–water partition coefficient (Wildman–Crippen LogP) is 4.52. The van der Waals surface area contributed by atoms with E-state index in [9.17, 15) is 0 Å². The average Bonchev–Trinajstić information content (AvgIpc) is 3.08. The van der Waals surface area contributed by atoms with Crippen LogP contribution in [0.25, 0.3) is 10.9 Å². The zero-order valence-corrected chi connectivity index (χ0v) is 17.8. The number of nitrogens with one attached hydrogen (secondary N) is 1. The van der Waals surface area contributed by atoms with Crippen molar-refractivity contribution in [3.8, 4) is 0 Å². The summed E-state index contributed by atoms with van der Waals surface area (Å²) in [5, 5.41) is 2.06. The topological polar surface area (TPSA) is 54.0 Å². The summed E-state index contributed by atoms with van der Waals surface area (Å²) < 4.78 is 6.58. The third kappa shape index (κ3) is 3.21. The number of aryl methyl sites for hydroxylation is 1. The number of rotatable bonds is 2. The van der Waals surface area contributed by atoms with Crippen LogP contribution in [0.5, 0.6) is 0 Å². The highest BCUT2D eigenvalue weighted by atomic mass is 127. The van der Waals surface area contributed by atoms with Crippen LogP contribution in [0.4, 0.5) is 5.95 Å². The molecule has 2 aromatic heterocycles. The van der Waals surface area contributed by atoms with E-state index < -0.39 is 0 Å². The number of morpholine rings is 1. The van der Waals surface area contributed by atoms with Crippen LogP contribution in [0.3, 0.4) is 0 Å². The first-order valence-electron chi connectivity index (χ1n) is 9.35. The third-order valence-electron chi connectivity index (χ3n) is 5.59. The van der Waals surface area contributed by atoms with Crippen LogP contribution in [0.1, 0.15) is 35.6 Å². The van der Waals surface area contributed by atoms with Gasteiger partial charge in [-0.3, -0.25) is 0 Å². The highest BCUT2D eigenvalue weighted by Crippen LogP contribution is 2.41. The minimum Gasteiger partial charge on any atom is -0.378 e. The Morgan fingerprint density at radius 2 is 1.96 bits per heavy atom. The molecule has 1 atom stereocenters. The van der Waals surface area contributed by atoms with Gasteiger partial charge < -0.3 is 14.6 Å². The maximum Gasteiger partial charge on any atom is 0.225 e. The molecule has 1 fully saturated rings. The smallest absolute Gasteiger partial charge is 0.225 e. The molecule has 1 N–H and O–H groups in total. The van der Waals surface area contributed by atoms with Gasteiger partial charge in [0.05, 0.1) is 18.7 Å². The molecule has 1 saturated heterocycles. The van der Waals surface area contributed by atoms with Crippen molar-refractivity contribution in [1.29, 1.82) is 0 Å². The minimum absolute atomic E-state index is 0.314. The highest BCUT2D eigenvalue weighted by Gasteiger charge is 2.27. The molecular weight excluding hydrogens is 475 g/mol. The summed E-state index contributed by atoms with van der Waals surface area (Å²) in [7, 11) is 0. The Morgan fingerprint density at radius 3 is 2.74 bits per heavy atom. The first kappa shape index (κ1) is 17.7. The first-order chi connectivity index (χ1) is 13.2. The van der Waals surface area contributed by atoms with E-state index in [1.165, 1.54) is 37.7 Å². The van der Waals surface area contributed by atoms with Gasteiger partial charge in [0.1, 0.15) is 0 Å². The van der Waals surface area contributed by atoms with Crippen LogP contribution in [-0.2, 0) is 11.2 Å². The fourth-order valence-corrected chi connectivity index (χ4v) is 5.42. The van der Waals surface area contributed by atoms with Crippen LogP contribution in [0.15, 0.2) is 24.5 Å². The molecule has 27 heavy (non-hydrogen) atoms. The normalized spacial score (nSPS) is 20.1. The molecule has 7 heteroatoms. The summed E-state index contributed by atoms with van der Waals surface area (Å²) in [5.74, 6) is 1.12. The third-order valence-corrected chi connectivity index (χ3v) is 6.66. The number of nitrogens with zero attached hydrogens (tertiary/aromatic N) is 3. The summed E-state index contributed by atoms with van der Waals surface area (Å²) >= 11 is 8.68. The van der Waals surface area contributed by atoms with Crippen LogP contribution in [-0.4, -0.2) is 41.3 Å². The summed E-state index contributed by atoms with van der Waals surface area (Å²) in [4.78, 5) is 15.2. The van der Waals surface area contributed by atoms with E-state index >= 15 is 0 Å². The van der Waals surface area contributed by atoms with Gasteiger partial charge in [-0.05, 0) is 65.1 Å². The maximum absolute atomic E-state index is 6.32. The molecule has 1 aliphatic heterocycles. The van der Waals surface area contributed by atoms with E-state index in [1.54, 1.807) is 0 Å². The molecule has 0 amide bonds. The van der Waals surface area contributed by atoms with Gasteiger partial charge in [0.25, 0.3) is 0 Å². The summed E-state index contributed by atoms with van der Waals surface area (Å²) in [6.07, 6.45) is 7.38. The Hall–Kier alpha value is -1.38. The van der Waals surface area contributed by atoms with Gasteiger partial charge in [-0.15, -0.1) is 0 Å². The number of hydrogen-bond donors (Lipinski definition) is 1. The van der Waals surface area contributed by atoms with Crippen molar-refractivity contribution < 1.29 is 4.74 Å². The second kappa shape index (κ2) is 7.22. The number of H-pyrrole nitrogens is 1. The van der Waals surface area contributed by atoms with Gasteiger partial charge in [0, 0.05) is 51.1 Å². The molecule has 140 valence electrons. The number of anilines is 1. The van der Waals surface area contributed by atoms with E-state index in [0.29, 0.717) is 5.92 Å². The highest BCUT2D eigenvalue weighted by molar-refractivity contribution is 14.1. The monoisotopic (exact) mass is 494 g/mol. The van der Waals surface area contributed by atoms with Gasteiger partial charge in [-0.1, -0.05) is 11.6 Å². The van der Waals surface area contributed by atoms with Crippen molar-refractivity contribution in [2.24, 2.45) is 0 Å². The van der Waals surface area contributed by atoms with Crippen LogP contribution in [0, 0.1) is 3.57 Å². The number of fused-ring (bicyclic) bond motifs is 3. The SMILES string of the molecule is Clc1cc(I)c2[nH]c3c(c2c1)CCCC3c1cnc(N2CCOCC2)nc1. The van der Waals surface area contributed by atoms with Gasteiger partial charge in [-0.25, -0.2) is 9.97 Å². The van der Waals surface area contributed by atoms with Gasteiger partial charge in [-0.2, -0.15) is 0 Å². The molecule has 1 aliphatic carbocycles. The molecule has 0 radical (unpaired) electrons. The van der Waals surface area contributed by atoms with Crippen molar-refractivity contribution in [2.45, 2.75) is 25.2 Å². The van der Waals surface area contributed by atoms with Crippen LogP contribution >= 0.6 is 34.2 Å². The van der Waals surface area contributed by atoms with Crippen molar-refractivity contribution in [3.63, 3.8) is 0 Å². The molecule has 1 aromatic carbocycles. The number of halogens is 2. The lowest BCUT2D eigenvalue weighted by Crippen LogP contribution is -2.37. The van der Waals surface area contributed by atoms with Crippen molar-refractivity contribution in [1.82, 2.24) is 15.0 Å². The fraction of sp³-hybridized carbons (Fsp3) is 0.400. The second-order valence-electron chi connectivity index (χ2n) is 7.19. The predicted molar refractivity (Wildman–Crippen MR) is 116 cm³/mol. The van der Waals surface area contributed by atoms with Crippen LogP contribution in [0.2, 0.25) is 5.02 Å². The lowest BCUT2D eigenvalue weighted by molar-refractivity contribution is 0.122. The lowest BCUT2D eigenvalue weighted by Gasteiger charge is -2.27. The molecule has 2 aliphatic rings. The zero-order chi connectivity index (χ0) is 18.4. The Balaban J connectivity index is 1.51. The Labute approximate surface area is 176 Å². The number of benzene rings is 1. The average molecular weight is 495 g/mol. The largest absolute Gasteiger partial charge is 0.378 e. The van der Waals surface area contributed by atoms with Crippen LogP contribution < -0.4 is 4.90 Å². The van der Waals surface area contributed by atoms with E-state index in [0.717, 1.165) is 50.1 Å². The number of hydrogen-bond acceptors (Lipinski definition) is 4. The Morgan fingerprint density at radius 1 is 1.19 bits per heavy atom. The number of aromatic amines is 1. The minimum atomic E-state index is 0.314. The maximum atomic E-state index is 6.32. The van der Waals surface area contributed by atoms with E-state index in [1.807, 2.05) is 18.5 Å². The van der Waals surface area contributed by atoms with Gasteiger partial charge >= 0.3 is 0 Å². The van der Waals surface area contributed by atoms with Crippen molar-refractivity contribution in [2.75, 3.05) is 31.2 Å². The summed E-state index contributed by atoms with van der Waals surface area (Å²) in [6.45, 7) is 3.20. The first-order valence-corrected chi connectivity index (χ1v) is 10.8. The zero-order valence-electron chi connectivity index (χ0n) is 14.8. The standard InChI is InChI=1S/C20H20ClIN4O/c21-13-8-16-15-3-1-2-14(18(15)25-19(16)17(22)9-13)12-10-23-20(24-11-12)26-4-6-27-7-5-26/h8-11,14,25H,1-7H2. The quantitative estimate of drug-likeness (QED) is 0.532. The molecular formula is C20H20ClIN4O. The second-order valence-corrected chi connectivity index (χ2v) is 8.79. The van der Waals surface area contributed by atoms with E-state index in [2.05, 4.69) is 48.5 Å². The lowest BCUT2D eigenvalue weighted by atomic mass is 9.83. The Kier molecular flexibility index (Phi) is 4.73. The number of aromatic nitrogens is 3. The van der Waals surface area contributed by atoms with Gasteiger partial charge in [0.2, 0.25) is 5.95 Å². The molecule has 5 nitrogen and oxygen atoms in total. The summed E-state index contributed by atoms with van der Waals surface area (Å²) in [5.41, 5.74) is 5.08. The van der Waals surface area contributed by atoms with E-state index in [-0.39, 0.29) is 0 Å². The van der Waals surface area contributed by atoms with Crippen molar-refractivity contribution >= 4 is 51.0 Å². The van der Waals surface area contributed by atoms with E-state index in [4.69, 9.17) is 16.3 Å². The Bertz CT molecular complexity index is 982. The fourth-order valence-electron chi connectivity index (χ4n) is 4.26. The molecule has 3 heterocycles. The van der Waals surface area contributed by atoms with Crippen molar-refractivity contribution in [3.05, 3.63) is 49.9 Å². The number of ether oxygens (including phenoxy) is 1. The molecule has 0 spiro atoms. The molecule has 0 bridgehead atoms. The summed E-state index contributed by atoms with van der Waals surface area (Å²) in [6, 6.07) is 4.11. The molecule has 3 aromatic rings.